The van der Waals surface area contributed by atoms with Crippen molar-refractivity contribution < 1.29 is 4.79 Å². The molecular weight excluding hydrogens is 464 g/mol. The Bertz CT molecular complexity index is 1070. The Morgan fingerprint density at radius 1 is 1.09 bits per heavy atom. The van der Waals surface area contributed by atoms with E-state index in [1.165, 1.54) is 36.4 Å². The van der Waals surface area contributed by atoms with E-state index in [1.807, 2.05) is 36.5 Å². The van der Waals surface area contributed by atoms with Crippen LogP contribution in [0.5, 0.6) is 0 Å². The molecule has 9 heteroatoms. The number of hydrogen-bond acceptors (Lipinski definition) is 6. The van der Waals surface area contributed by atoms with E-state index in [0.29, 0.717) is 18.1 Å². The van der Waals surface area contributed by atoms with Crippen molar-refractivity contribution in [2.75, 3.05) is 17.8 Å². The molecule has 2 N–H and O–H groups in total. The number of urea groups is 1. The molecule has 0 aliphatic heterocycles. The van der Waals surface area contributed by atoms with E-state index in [0.717, 1.165) is 52.6 Å². The third-order valence-corrected chi connectivity index (χ3v) is 7.56. The second-order valence-electron chi connectivity index (χ2n) is 8.54. The second-order valence-corrected chi connectivity index (χ2v) is 10.1. The summed E-state index contributed by atoms with van der Waals surface area (Å²) in [4.78, 5) is 24.9. The van der Waals surface area contributed by atoms with Crippen molar-refractivity contribution in [1.82, 2.24) is 25.1 Å². The molecule has 2 amide bonds. The first-order chi connectivity index (χ1) is 16.6. The van der Waals surface area contributed by atoms with Crippen LogP contribution >= 0.6 is 23.5 Å². The van der Waals surface area contributed by atoms with E-state index in [-0.39, 0.29) is 12.1 Å². The zero-order chi connectivity index (χ0) is 23.9. The van der Waals surface area contributed by atoms with Crippen molar-refractivity contribution in [3.8, 4) is 11.3 Å². The maximum absolute atomic E-state index is 13.8. The number of thioether (sulfide) groups is 2. The maximum atomic E-state index is 13.8. The monoisotopic (exact) mass is 496 g/mol. The number of anilines is 1. The smallest absolute Gasteiger partial charge is 0.317 e. The fraction of sp³-hybridized carbons (Fsp3) is 0.440. The molecule has 1 fully saturated rings. The summed E-state index contributed by atoms with van der Waals surface area (Å²) in [7, 11) is 0. The van der Waals surface area contributed by atoms with Crippen molar-refractivity contribution in [1.29, 1.82) is 0 Å². The lowest BCUT2D eigenvalue weighted by atomic mass is 10.0. The summed E-state index contributed by atoms with van der Waals surface area (Å²) >= 11 is 3.06. The fourth-order valence-corrected chi connectivity index (χ4v) is 5.71. The summed E-state index contributed by atoms with van der Waals surface area (Å²) < 4.78 is 0. The van der Waals surface area contributed by atoms with Crippen molar-refractivity contribution >= 4 is 35.2 Å². The Morgan fingerprint density at radius 3 is 2.41 bits per heavy atom. The minimum atomic E-state index is -0.0862. The van der Waals surface area contributed by atoms with Crippen LogP contribution in [0.3, 0.4) is 0 Å². The topological polar surface area (TPSA) is 86.8 Å². The van der Waals surface area contributed by atoms with Crippen LogP contribution < -0.4 is 5.32 Å². The highest BCUT2D eigenvalue weighted by molar-refractivity contribution is 7.99. The van der Waals surface area contributed by atoms with Crippen LogP contribution in [0.25, 0.3) is 11.3 Å². The third-order valence-electron chi connectivity index (χ3n) is 6.19. The van der Waals surface area contributed by atoms with Gasteiger partial charge in [-0.3, -0.25) is 5.10 Å². The first-order valence-corrected chi connectivity index (χ1v) is 14.2. The first-order valence-electron chi connectivity index (χ1n) is 11.7. The molecule has 1 aliphatic rings. The van der Waals surface area contributed by atoms with Gasteiger partial charge in [0.2, 0.25) is 0 Å². The predicted octanol–water partition coefficient (Wildman–Crippen LogP) is 6.38. The molecule has 1 aromatic carbocycles. The largest absolute Gasteiger partial charge is 0.322 e. The van der Waals surface area contributed by atoms with Gasteiger partial charge >= 0.3 is 6.03 Å². The Balaban J connectivity index is 1.63. The standard InChI is InChI=1S/C25H32N6OS2/c1-17-27-23(33-2)22(24(28-17)34-3)29-25(32)31(20-11-6-4-5-7-12-20)16-18-9-8-10-19(15-18)21-13-14-26-30-21/h8-10,13-15,20H,4-7,11-12,16H2,1-3H3,(H,26,30)(H,29,32). The summed E-state index contributed by atoms with van der Waals surface area (Å²) in [5.74, 6) is 0.711. The fourth-order valence-electron chi connectivity index (χ4n) is 4.49. The van der Waals surface area contributed by atoms with Crippen LogP contribution in [-0.4, -0.2) is 49.6 Å². The zero-order valence-electron chi connectivity index (χ0n) is 20.0. The Morgan fingerprint density at radius 2 is 1.79 bits per heavy atom. The van der Waals surface area contributed by atoms with Gasteiger partial charge in [0.1, 0.15) is 21.6 Å². The molecule has 1 aliphatic carbocycles. The normalized spacial score (nSPS) is 14.6. The van der Waals surface area contributed by atoms with Gasteiger partial charge in [-0.25, -0.2) is 14.8 Å². The van der Waals surface area contributed by atoms with Gasteiger partial charge in [-0.15, -0.1) is 23.5 Å². The van der Waals surface area contributed by atoms with E-state index >= 15 is 0 Å². The third kappa shape index (κ3) is 5.93. The van der Waals surface area contributed by atoms with Crippen LogP contribution in [0.2, 0.25) is 0 Å². The number of carbonyl (C=O) groups is 1. The summed E-state index contributed by atoms with van der Waals surface area (Å²) in [6.45, 7) is 2.43. The lowest BCUT2D eigenvalue weighted by Gasteiger charge is -2.32. The molecule has 180 valence electrons. The van der Waals surface area contributed by atoms with E-state index in [1.54, 1.807) is 6.20 Å². The highest BCUT2D eigenvalue weighted by Crippen LogP contribution is 2.33. The number of H-pyrrole nitrogens is 1. The average Bonchev–Trinajstić information content (AvgIpc) is 3.26. The van der Waals surface area contributed by atoms with Crippen molar-refractivity contribution in [2.24, 2.45) is 0 Å². The molecule has 0 unspecified atom stereocenters. The summed E-state index contributed by atoms with van der Waals surface area (Å²) in [5, 5.41) is 11.9. The molecule has 3 aromatic rings. The molecule has 34 heavy (non-hydrogen) atoms. The Labute approximate surface area is 209 Å². The van der Waals surface area contributed by atoms with Crippen LogP contribution in [0.1, 0.15) is 49.9 Å². The van der Waals surface area contributed by atoms with Gasteiger partial charge in [0.05, 0.1) is 5.69 Å². The average molecular weight is 497 g/mol. The van der Waals surface area contributed by atoms with Gasteiger partial charge in [-0.1, -0.05) is 43.9 Å². The van der Waals surface area contributed by atoms with Gasteiger partial charge in [-0.05, 0) is 55.5 Å². The number of amides is 2. The van der Waals surface area contributed by atoms with Crippen LogP contribution in [0.15, 0.2) is 46.6 Å². The van der Waals surface area contributed by atoms with Crippen molar-refractivity contribution in [2.45, 2.75) is 68.1 Å². The SMILES string of the molecule is CSc1nc(C)nc(SC)c1NC(=O)N(Cc1cccc(-c2ccn[nH]2)c1)C1CCCCCC1. The molecular formula is C25H32N6OS2. The van der Waals surface area contributed by atoms with E-state index in [4.69, 9.17) is 0 Å². The van der Waals surface area contributed by atoms with Crippen molar-refractivity contribution in [3.05, 3.63) is 47.9 Å². The number of nitrogens with zero attached hydrogens (tertiary/aromatic N) is 4. The van der Waals surface area contributed by atoms with Crippen molar-refractivity contribution in [3.63, 3.8) is 0 Å². The van der Waals surface area contributed by atoms with Gasteiger partial charge in [0.25, 0.3) is 0 Å². The summed E-state index contributed by atoms with van der Waals surface area (Å²) in [6.07, 6.45) is 12.6. The van der Waals surface area contributed by atoms with E-state index < -0.39 is 0 Å². The maximum Gasteiger partial charge on any atom is 0.322 e. The highest BCUT2D eigenvalue weighted by Gasteiger charge is 2.27. The number of aromatic nitrogens is 4. The second kappa shape index (κ2) is 11.8. The molecule has 2 aromatic heterocycles. The number of rotatable bonds is 7. The summed E-state index contributed by atoms with van der Waals surface area (Å²) in [6, 6.07) is 10.4. The number of aryl methyl sites for hydroxylation is 1. The first kappa shape index (κ1) is 24.6. The molecule has 0 saturated heterocycles. The van der Waals surface area contributed by atoms with Gasteiger partial charge < -0.3 is 10.2 Å². The van der Waals surface area contributed by atoms with Gasteiger partial charge in [0.15, 0.2) is 0 Å². The number of aromatic amines is 1. The zero-order valence-corrected chi connectivity index (χ0v) is 21.6. The lowest BCUT2D eigenvalue weighted by Crippen LogP contribution is -2.42. The molecule has 0 atom stereocenters. The molecule has 2 heterocycles. The molecule has 7 nitrogen and oxygen atoms in total. The van der Waals surface area contributed by atoms with Gasteiger partial charge in [0, 0.05) is 18.8 Å². The predicted molar refractivity (Wildman–Crippen MR) is 140 cm³/mol. The Kier molecular flexibility index (Phi) is 8.50. The number of hydrogen-bond donors (Lipinski definition) is 2. The molecule has 0 spiro atoms. The lowest BCUT2D eigenvalue weighted by molar-refractivity contribution is 0.175. The van der Waals surface area contributed by atoms with Crippen LogP contribution in [-0.2, 0) is 6.54 Å². The number of nitrogens with one attached hydrogen (secondary N) is 2. The minimum absolute atomic E-state index is 0.0862. The minimum Gasteiger partial charge on any atom is -0.317 e. The summed E-state index contributed by atoms with van der Waals surface area (Å²) in [5.41, 5.74) is 3.85. The highest BCUT2D eigenvalue weighted by atomic mass is 32.2. The van der Waals surface area contributed by atoms with Gasteiger partial charge in [-0.2, -0.15) is 5.10 Å². The Hall–Kier alpha value is -2.52. The molecule has 0 radical (unpaired) electrons. The molecule has 0 bridgehead atoms. The number of benzene rings is 1. The molecule has 4 rings (SSSR count). The van der Waals surface area contributed by atoms with E-state index in [2.05, 4.69) is 43.7 Å². The van der Waals surface area contributed by atoms with Crippen LogP contribution in [0, 0.1) is 6.92 Å². The van der Waals surface area contributed by atoms with E-state index in [9.17, 15) is 4.79 Å². The molecule has 1 saturated carbocycles. The van der Waals surface area contributed by atoms with Crippen LogP contribution in [0.4, 0.5) is 10.5 Å². The quantitative estimate of drug-likeness (QED) is 0.224. The number of carbonyl (C=O) groups excluding carboxylic acids is 1.